The number of rotatable bonds is 1. The highest BCUT2D eigenvalue weighted by Crippen LogP contribution is 2.32. The van der Waals surface area contributed by atoms with Crippen LogP contribution in [0.3, 0.4) is 0 Å². The molecule has 0 bridgehead atoms. The molecule has 2 aromatic rings. The molecule has 118 valence electrons. The first kappa shape index (κ1) is 14.8. The van der Waals surface area contributed by atoms with E-state index in [9.17, 15) is 9.18 Å². The van der Waals surface area contributed by atoms with Gasteiger partial charge in [0.05, 0.1) is 17.1 Å². The van der Waals surface area contributed by atoms with Crippen molar-refractivity contribution in [2.24, 2.45) is 0 Å². The molecule has 1 amide bonds. The number of fused-ring (bicyclic) bond motifs is 1. The first-order valence-corrected chi connectivity index (χ1v) is 7.48. The summed E-state index contributed by atoms with van der Waals surface area (Å²) in [5.41, 5.74) is 0.819. The number of hydrogen-bond acceptors (Lipinski definition) is 3. The van der Waals surface area contributed by atoms with Crippen LogP contribution in [0.25, 0.3) is 11.0 Å². The largest absolute Gasteiger partial charge is 0.444 e. The molecule has 6 heteroatoms. The molecule has 1 aliphatic rings. The van der Waals surface area contributed by atoms with E-state index in [1.807, 2.05) is 20.8 Å². The Kier molecular flexibility index (Phi) is 3.54. The van der Waals surface area contributed by atoms with Gasteiger partial charge in [-0.05, 0) is 51.8 Å². The first-order chi connectivity index (χ1) is 10.3. The molecule has 22 heavy (non-hydrogen) atoms. The zero-order valence-electron chi connectivity index (χ0n) is 13.0. The van der Waals surface area contributed by atoms with Crippen LogP contribution >= 0.6 is 0 Å². The van der Waals surface area contributed by atoms with Gasteiger partial charge in [0.1, 0.15) is 17.2 Å². The number of aromatic nitrogens is 2. The van der Waals surface area contributed by atoms with Crippen molar-refractivity contribution < 1.29 is 13.9 Å². The number of likely N-dealkylation sites (tertiary alicyclic amines) is 1. The van der Waals surface area contributed by atoms with Gasteiger partial charge < -0.3 is 9.72 Å². The summed E-state index contributed by atoms with van der Waals surface area (Å²) in [4.78, 5) is 21.6. The maximum Gasteiger partial charge on any atom is 0.410 e. The zero-order valence-corrected chi connectivity index (χ0v) is 13.0. The molecule has 0 radical (unpaired) electrons. The summed E-state index contributed by atoms with van der Waals surface area (Å²) in [6.07, 6.45) is 1.39. The van der Waals surface area contributed by atoms with Crippen LogP contribution in [-0.4, -0.2) is 33.1 Å². The lowest BCUT2D eigenvalue weighted by atomic mass is 10.2. The van der Waals surface area contributed by atoms with Gasteiger partial charge in [0.15, 0.2) is 0 Å². The zero-order chi connectivity index (χ0) is 15.9. The van der Waals surface area contributed by atoms with E-state index < -0.39 is 5.60 Å². The SMILES string of the molecule is CC(C)(C)OC(=O)N1CCCC1c1nc2ccc(F)cc2[nH]1. The third kappa shape index (κ3) is 2.91. The van der Waals surface area contributed by atoms with Crippen molar-refractivity contribution in [1.29, 1.82) is 0 Å². The molecule has 5 nitrogen and oxygen atoms in total. The van der Waals surface area contributed by atoms with Crippen LogP contribution in [0.1, 0.15) is 45.5 Å². The van der Waals surface area contributed by atoms with Crippen LogP contribution < -0.4 is 0 Å². The fourth-order valence-electron chi connectivity index (χ4n) is 2.75. The number of ether oxygens (including phenoxy) is 1. The molecule has 2 heterocycles. The highest BCUT2D eigenvalue weighted by molar-refractivity contribution is 5.75. The van der Waals surface area contributed by atoms with E-state index >= 15 is 0 Å². The second-order valence-corrected chi connectivity index (χ2v) is 6.62. The minimum Gasteiger partial charge on any atom is -0.444 e. The predicted octanol–water partition coefficient (Wildman–Crippen LogP) is 3.77. The Balaban J connectivity index is 1.86. The maximum atomic E-state index is 13.3. The van der Waals surface area contributed by atoms with Gasteiger partial charge in [-0.2, -0.15) is 0 Å². The minimum atomic E-state index is -0.527. The Hall–Kier alpha value is -2.11. The molecule has 0 aliphatic carbocycles. The molecule has 0 spiro atoms. The van der Waals surface area contributed by atoms with E-state index in [1.165, 1.54) is 12.1 Å². The summed E-state index contributed by atoms with van der Waals surface area (Å²) < 4.78 is 18.7. The quantitative estimate of drug-likeness (QED) is 0.872. The Morgan fingerprint density at radius 2 is 2.23 bits per heavy atom. The molecule has 1 aromatic heterocycles. The second kappa shape index (κ2) is 5.26. The van der Waals surface area contributed by atoms with Crippen LogP contribution in [0.5, 0.6) is 0 Å². The van der Waals surface area contributed by atoms with Crippen molar-refractivity contribution in [3.05, 3.63) is 29.8 Å². The monoisotopic (exact) mass is 305 g/mol. The fraction of sp³-hybridized carbons (Fsp3) is 0.500. The Morgan fingerprint density at radius 1 is 1.45 bits per heavy atom. The van der Waals surface area contributed by atoms with Gasteiger partial charge in [0, 0.05) is 6.54 Å². The number of amides is 1. The molecule has 3 rings (SSSR count). The topological polar surface area (TPSA) is 58.2 Å². The molecule has 1 saturated heterocycles. The van der Waals surface area contributed by atoms with Crippen LogP contribution in [0, 0.1) is 5.82 Å². The predicted molar refractivity (Wildman–Crippen MR) is 81.0 cm³/mol. The number of nitrogens with zero attached hydrogens (tertiary/aromatic N) is 2. The Labute approximate surface area is 128 Å². The van der Waals surface area contributed by atoms with Crippen molar-refractivity contribution in [1.82, 2.24) is 14.9 Å². The average Bonchev–Trinajstić information content (AvgIpc) is 3.01. The van der Waals surface area contributed by atoms with Crippen LogP contribution in [-0.2, 0) is 4.74 Å². The van der Waals surface area contributed by atoms with Crippen molar-refractivity contribution in [2.75, 3.05) is 6.54 Å². The summed E-state index contributed by atoms with van der Waals surface area (Å²) in [5, 5.41) is 0. The summed E-state index contributed by atoms with van der Waals surface area (Å²) in [5.74, 6) is 0.377. The van der Waals surface area contributed by atoms with E-state index in [2.05, 4.69) is 9.97 Å². The number of halogens is 1. The lowest BCUT2D eigenvalue weighted by Crippen LogP contribution is -2.36. The normalized spacial score (nSPS) is 18.9. The van der Waals surface area contributed by atoms with Crippen LogP contribution in [0.2, 0.25) is 0 Å². The van der Waals surface area contributed by atoms with Gasteiger partial charge in [-0.1, -0.05) is 0 Å². The lowest BCUT2D eigenvalue weighted by molar-refractivity contribution is 0.0219. The van der Waals surface area contributed by atoms with Crippen molar-refractivity contribution >= 4 is 17.1 Å². The molecule has 0 saturated carbocycles. The van der Waals surface area contributed by atoms with Crippen molar-refractivity contribution in [3.8, 4) is 0 Å². The average molecular weight is 305 g/mol. The van der Waals surface area contributed by atoms with E-state index in [0.29, 0.717) is 23.4 Å². The van der Waals surface area contributed by atoms with Crippen LogP contribution in [0.4, 0.5) is 9.18 Å². The van der Waals surface area contributed by atoms with E-state index in [0.717, 1.165) is 12.8 Å². The molecule has 1 atom stereocenters. The van der Waals surface area contributed by atoms with E-state index in [4.69, 9.17) is 4.74 Å². The smallest absolute Gasteiger partial charge is 0.410 e. The Morgan fingerprint density at radius 3 is 2.95 bits per heavy atom. The molecule has 1 fully saturated rings. The number of hydrogen-bond donors (Lipinski definition) is 1. The number of benzene rings is 1. The molecule has 1 N–H and O–H groups in total. The Bertz CT molecular complexity index is 705. The molecule has 1 aromatic carbocycles. The second-order valence-electron chi connectivity index (χ2n) is 6.62. The highest BCUT2D eigenvalue weighted by Gasteiger charge is 2.34. The first-order valence-electron chi connectivity index (χ1n) is 7.48. The summed E-state index contributed by atoms with van der Waals surface area (Å²) >= 11 is 0. The van der Waals surface area contributed by atoms with Crippen molar-refractivity contribution in [2.45, 2.75) is 45.3 Å². The number of H-pyrrole nitrogens is 1. The van der Waals surface area contributed by atoms with Gasteiger partial charge in [0.2, 0.25) is 0 Å². The standard InChI is InChI=1S/C16H20FN3O2/c1-16(2,3)22-15(21)20-8-4-5-13(20)14-18-11-7-6-10(17)9-12(11)19-14/h6-7,9,13H,4-5,8H2,1-3H3,(H,18,19). The number of imidazole rings is 1. The molecular weight excluding hydrogens is 285 g/mol. The number of nitrogens with one attached hydrogen (secondary N) is 1. The van der Waals surface area contributed by atoms with Gasteiger partial charge in [-0.3, -0.25) is 4.90 Å². The lowest BCUT2D eigenvalue weighted by Gasteiger charge is -2.27. The highest BCUT2D eigenvalue weighted by atomic mass is 19.1. The van der Waals surface area contributed by atoms with Gasteiger partial charge in [0.25, 0.3) is 0 Å². The number of carbonyl (C=O) groups is 1. The summed E-state index contributed by atoms with van der Waals surface area (Å²) in [7, 11) is 0. The fourth-order valence-corrected chi connectivity index (χ4v) is 2.75. The van der Waals surface area contributed by atoms with Gasteiger partial charge in [-0.25, -0.2) is 14.2 Å². The molecule has 1 unspecified atom stereocenters. The minimum absolute atomic E-state index is 0.148. The summed E-state index contributed by atoms with van der Waals surface area (Å²) in [6, 6.07) is 4.29. The van der Waals surface area contributed by atoms with Gasteiger partial charge in [-0.15, -0.1) is 0 Å². The van der Waals surface area contributed by atoms with Crippen molar-refractivity contribution in [3.63, 3.8) is 0 Å². The van der Waals surface area contributed by atoms with E-state index in [1.54, 1.807) is 11.0 Å². The van der Waals surface area contributed by atoms with Gasteiger partial charge >= 0.3 is 6.09 Å². The number of carbonyl (C=O) groups excluding carboxylic acids is 1. The molecule has 1 aliphatic heterocycles. The number of aromatic amines is 1. The molecular formula is C16H20FN3O2. The third-order valence-corrected chi connectivity index (χ3v) is 3.66. The van der Waals surface area contributed by atoms with Crippen LogP contribution in [0.15, 0.2) is 18.2 Å². The van der Waals surface area contributed by atoms with E-state index in [-0.39, 0.29) is 18.0 Å². The maximum absolute atomic E-state index is 13.3. The summed E-state index contributed by atoms with van der Waals surface area (Å²) in [6.45, 7) is 6.19. The third-order valence-electron chi connectivity index (χ3n) is 3.66.